The smallest absolute Gasteiger partial charge is 0.240 e. The van der Waals surface area contributed by atoms with Gasteiger partial charge >= 0.3 is 0 Å². The number of nitrogens with one attached hydrogen (secondary N) is 1. The molecule has 0 atom stereocenters. The molecule has 0 unspecified atom stereocenters. The second-order valence-electron chi connectivity index (χ2n) is 7.76. The van der Waals surface area contributed by atoms with Crippen LogP contribution in [0.4, 0.5) is 0 Å². The number of ketones is 1. The van der Waals surface area contributed by atoms with E-state index in [1.165, 1.54) is 25.2 Å². The molecule has 0 radical (unpaired) electrons. The summed E-state index contributed by atoms with van der Waals surface area (Å²) in [6.07, 6.45) is 5.01. The van der Waals surface area contributed by atoms with Gasteiger partial charge in [0.1, 0.15) is 28.5 Å². The van der Waals surface area contributed by atoms with Crippen LogP contribution in [0, 0.1) is 0 Å². The summed E-state index contributed by atoms with van der Waals surface area (Å²) in [5.41, 5.74) is 2.84. The van der Waals surface area contributed by atoms with E-state index in [4.69, 9.17) is 4.74 Å². The van der Waals surface area contributed by atoms with Crippen LogP contribution >= 0.6 is 0 Å². The van der Waals surface area contributed by atoms with Crippen LogP contribution in [0.1, 0.15) is 15.9 Å². The van der Waals surface area contributed by atoms with Crippen molar-refractivity contribution in [2.24, 2.45) is 7.05 Å². The zero-order valence-corrected chi connectivity index (χ0v) is 18.9. The number of allylic oxidation sites excluding steroid dienone is 1. The highest BCUT2D eigenvalue weighted by Crippen LogP contribution is 2.41. The number of pyridine rings is 1. The van der Waals surface area contributed by atoms with Gasteiger partial charge in [-0.2, -0.15) is 0 Å². The van der Waals surface area contributed by atoms with Crippen molar-refractivity contribution in [3.63, 3.8) is 0 Å². The molecule has 0 bridgehead atoms. The number of nitrogens with zero attached hydrogens (tertiary/aromatic N) is 2. The van der Waals surface area contributed by atoms with Crippen molar-refractivity contribution in [3.8, 4) is 28.4 Å². The van der Waals surface area contributed by atoms with Gasteiger partial charge in [-0.05, 0) is 42.4 Å². The molecule has 3 heterocycles. The number of fused-ring (bicyclic) bond motifs is 2. The number of carbonyl (C=O) groups excluding carboxylic acids is 1. The molecule has 5 rings (SSSR count). The number of benzene rings is 2. The molecule has 3 N–H and O–H groups in total. The zero-order valence-electron chi connectivity index (χ0n) is 18.1. The Hall–Kier alpha value is -4.15. The van der Waals surface area contributed by atoms with Gasteiger partial charge in [0.25, 0.3) is 0 Å². The lowest BCUT2D eigenvalue weighted by molar-refractivity contribution is 0.101. The molecular formula is C24H19N3O6S. The summed E-state index contributed by atoms with van der Waals surface area (Å²) in [5, 5.41) is 20.5. The zero-order chi connectivity index (χ0) is 24.2. The second-order valence-corrected chi connectivity index (χ2v) is 9.65. The number of ether oxygens (including phenoxy) is 1. The first-order valence-corrected chi connectivity index (χ1v) is 11.7. The van der Waals surface area contributed by atoms with Crippen molar-refractivity contribution in [2.75, 3.05) is 7.05 Å². The Kier molecular flexibility index (Phi) is 4.92. The van der Waals surface area contributed by atoms with Crippen LogP contribution in [-0.2, 0) is 17.1 Å². The lowest BCUT2D eigenvalue weighted by Crippen LogP contribution is -2.18. The van der Waals surface area contributed by atoms with Crippen LogP contribution in [0.2, 0.25) is 0 Å². The van der Waals surface area contributed by atoms with Gasteiger partial charge in [-0.15, -0.1) is 0 Å². The van der Waals surface area contributed by atoms with E-state index in [2.05, 4.69) is 9.71 Å². The fraction of sp³-hybridized carbons (Fsp3) is 0.0833. The molecule has 1 aliphatic heterocycles. The van der Waals surface area contributed by atoms with Crippen LogP contribution < -0.4 is 9.46 Å². The van der Waals surface area contributed by atoms with Crippen LogP contribution in [-0.4, -0.2) is 41.0 Å². The number of hydrogen-bond donors (Lipinski definition) is 3. The highest BCUT2D eigenvalue weighted by atomic mass is 32.2. The molecule has 0 spiro atoms. The molecule has 172 valence electrons. The number of aromatic hydroxyl groups is 2. The maximum atomic E-state index is 12.9. The number of sulfonamides is 1. The predicted molar refractivity (Wildman–Crippen MR) is 125 cm³/mol. The fourth-order valence-corrected chi connectivity index (χ4v) is 4.77. The van der Waals surface area contributed by atoms with Gasteiger partial charge < -0.3 is 19.5 Å². The van der Waals surface area contributed by atoms with E-state index in [0.29, 0.717) is 11.2 Å². The summed E-state index contributed by atoms with van der Waals surface area (Å²) in [6, 6.07) is 10.6. The van der Waals surface area contributed by atoms with E-state index < -0.39 is 15.8 Å². The number of phenols is 2. The highest BCUT2D eigenvalue weighted by molar-refractivity contribution is 7.89. The van der Waals surface area contributed by atoms with E-state index in [1.807, 2.05) is 13.1 Å². The number of aryl methyl sites for hydroxylation is 1. The topological polar surface area (TPSA) is 131 Å². The van der Waals surface area contributed by atoms with Crippen molar-refractivity contribution >= 4 is 32.9 Å². The SMILES string of the molecule is CNS(=O)(=O)c1ccc(-c2ccnc3c2c(C=C2Oc4cc(O)cc(O)c4C2=O)cn3C)cc1. The van der Waals surface area contributed by atoms with Gasteiger partial charge in [0.05, 0.1) is 4.90 Å². The Labute approximate surface area is 194 Å². The lowest BCUT2D eigenvalue weighted by atomic mass is 10.0. The quantitative estimate of drug-likeness (QED) is 0.385. The van der Waals surface area contributed by atoms with Crippen molar-refractivity contribution in [2.45, 2.75) is 4.90 Å². The van der Waals surface area contributed by atoms with Gasteiger partial charge in [-0.1, -0.05) is 12.1 Å². The molecule has 0 fully saturated rings. The number of rotatable bonds is 4. The molecule has 0 saturated carbocycles. The molecule has 0 aliphatic carbocycles. The van der Waals surface area contributed by atoms with E-state index >= 15 is 0 Å². The monoisotopic (exact) mass is 477 g/mol. The fourth-order valence-electron chi connectivity index (χ4n) is 4.04. The molecule has 1 aliphatic rings. The summed E-state index contributed by atoms with van der Waals surface area (Å²) in [5.74, 6) is -1.01. The minimum absolute atomic E-state index is 0.00587. The van der Waals surface area contributed by atoms with Crippen molar-refractivity contribution in [1.29, 1.82) is 0 Å². The van der Waals surface area contributed by atoms with Gasteiger partial charge in [-0.3, -0.25) is 4.79 Å². The Morgan fingerprint density at radius 3 is 2.56 bits per heavy atom. The third-order valence-corrected chi connectivity index (χ3v) is 7.08. The second kappa shape index (κ2) is 7.72. The summed E-state index contributed by atoms with van der Waals surface area (Å²) in [7, 11) is -0.395. The van der Waals surface area contributed by atoms with Gasteiger partial charge in [0.15, 0.2) is 5.76 Å². The minimum atomic E-state index is -3.57. The minimum Gasteiger partial charge on any atom is -0.508 e. The van der Waals surface area contributed by atoms with Crippen molar-refractivity contribution in [1.82, 2.24) is 14.3 Å². The number of phenolic OH excluding ortho intramolecular Hbond substituents is 2. The van der Waals surface area contributed by atoms with Gasteiger partial charge in [0, 0.05) is 42.5 Å². The molecule has 2 aromatic carbocycles. The van der Waals surface area contributed by atoms with E-state index in [1.54, 1.807) is 35.2 Å². The average molecular weight is 477 g/mol. The van der Waals surface area contributed by atoms with Crippen LogP contribution in [0.3, 0.4) is 0 Å². The lowest BCUT2D eigenvalue weighted by Gasteiger charge is -2.07. The summed E-state index contributed by atoms with van der Waals surface area (Å²) < 4.78 is 33.9. The summed E-state index contributed by atoms with van der Waals surface area (Å²) >= 11 is 0. The number of carbonyl (C=O) groups is 1. The third kappa shape index (κ3) is 3.40. The number of aromatic nitrogens is 2. The Morgan fingerprint density at radius 1 is 1.12 bits per heavy atom. The Bertz CT molecular complexity index is 1620. The van der Waals surface area contributed by atoms with E-state index in [9.17, 15) is 23.4 Å². The molecule has 10 heteroatoms. The van der Waals surface area contributed by atoms with Crippen LogP contribution in [0.5, 0.6) is 17.2 Å². The van der Waals surface area contributed by atoms with Crippen molar-refractivity contribution < 1.29 is 28.2 Å². The first-order valence-electron chi connectivity index (χ1n) is 10.2. The molecule has 9 nitrogen and oxygen atoms in total. The predicted octanol–water partition coefficient (Wildman–Crippen LogP) is 3.18. The van der Waals surface area contributed by atoms with E-state index in [-0.39, 0.29) is 33.5 Å². The largest absolute Gasteiger partial charge is 0.508 e. The third-order valence-electron chi connectivity index (χ3n) is 5.65. The van der Waals surface area contributed by atoms with Crippen molar-refractivity contribution in [3.05, 3.63) is 71.7 Å². The van der Waals surface area contributed by atoms with Crippen LogP contribution in [0.15, 0.2) is 65.5 Å². The maximum Gasteiger partial charge on any atom is 0.240 e. The molecule has 0 amide bonds. The Morgan fingerprint density at radius 2 is 1.85 bits per heavy atom. The summed E-state index contributed by atoms with van der Waals surface area (Å²) in [6.45, 7) is 0. The first-order chi connectivity index (χ1) is 16.2. The highest BCUT2D eigenvalue weighted by Gasteiger charge is 2.31. The molecular weight excluding hydrogens is 458 g/mol. The van der Waals surface area contributed by atoms with Gasteiger partial charge in [0.2, 0.25) is 15.8 Å². The molecule has 4 aromatic rings. The van der Waals surface area contributed by atoms with Crippen LogP contribution in [0.25, 0.3) is 28.2 Å². The first kappa shape index (κ1) is 21.7. The molecule has 0 saturated heterocycles. The Balaban J connectivity index is 1.64. The molecule has 2 aromatic heterocycles. The average Bonchev–Trinajstić information content (AvgIpc) is 3.30. The maximum absolute atomic E-state index is 12.9. The number of hydrogen-bond acceptors (Lipinski definition) is 7. The number of Topliss-reactive ketones (excluding diaryl/α,β-unsaturated/α-hetero) is 1. The van der Waals surface area contributed by atoms with E-state index in [0.717, 1.165) is 22.6 Å². The van der Waals surface area contributed by atoms with Gasteiger partial charge in [-0.25, -0.2) is 18.1 Å². The summed E-state index contributed by atoms with van der Waals surface area (Å²) in [4.78, 5) is 17.5. The molecule has 34 heavy (non-hydrogen) atoms. The normalized spacial score (nSPS) is 14.5. The standard InChI is InChI=1S/C24H19N3O6S/c1-25-34(31,32)16-5-3-13(4-6-16)17-7-8-26-24-21(17)14(12-27(24)2)9-20-23(30)22-18(29)10-15(28)11-19(22)33-20/h3-12,25,28-29H,1-2H3.